The molecule has 4 rings (SSSR count). The Morgan fingerprint density at radius 3 is 2.44 bits per heavy atom. The molecule has 2 bridgehead atoms. The first-order valence-corrected chi connectivity index (χ1v) is 9.89. The van der Waals surface area contributed by atoms with Gasteiger partial charge in [-0.25, -0.2) is 14.4 Å². The fourth-order valence-electron chi connectivity index (χ4n) is 4.37. The van der Waals surface area contributed by atoms with Crippen LogP contribution in [0, 0.1) is 5.82 Å². The SMILES string of the molecule is CSc1ncc(CN2[C@@H]3CC[C@H]2CC(O)(c2ccccc2F)C3)cn1. The van der Waals surface area contributed by atoms with E-state index < -0.39 is 5.60 Å². The van der Waals surface area contributed by atoms with Gasteiger partial charge in [-0.05, 0) is 38.0 Å². The summed E-state index contributed by atoms with van der Waals surface area (Å²) in [7, 11) is 0. The van der Waals surface area contributed by atoms with Crippen molar-refractivity contribution in [2.45, 2.75) is 55.1 Å². The molecule has 1 N–H and O–H groups in total. The number of benzene rings is 1. The van der Waals surface area contributed by atoms with Gasteiger partial charge in [-0.2, -0.15) is 0 Å². The first-order chi connectivity index (χ1) is 12.1. The molecular weight excluding hydrogens is 337 g/mol. The van der Waals surface area contributed by atoms with Crippen LogP contribution >= 0.6 is 11.8 Å². The van der Waals surface area contributed by atoms with Crippen LogP contribution < -0.4 is 0 Å². The van der Waals surface area contributed by atoms with Crippen molar-refractivity contribution in [3.8, 4) is 0 Å². The predicted molar refractivity (Wildman–Crippen MR) is 95.7 cm³/mol. The normalized spacial score (nSPS) is 29.1. The zero-order valence-corrected chi connectivity index (χ0v) is 15.0. The van der Waals surface area contributed by atoms with E-state index in [4.69, 9.17) is 0 Å². The fourth-order valence-corrected chi connectivity index (χ4v) is 4.69. The summed E-state index contributed by atoms with van der Waals surface area (Å²) in [6, 6.07) is 7.16. The number of fused-ring (bicyclic) bond motifs is 2. The summed E-state index contributed by atoms with van der Waals surface area (Å²) >= 11 is 1.53. The second-order valence-corrected chi connectivity index (χ2v) is 7.83. The molecule has 4 nitrogen and oxygen atoms in total. The highest BCUT2D eigenvalue weighted by Crippen LogP contribution is 2.46. The van der Waals surface area contributed by atoms with Crippen LogP contribution in [-0.2, 0) is 12.1 Å². The molecule has 1 aromatic heterocycles. The summed E-state index contributed by atoms with van der Waals surface area (Å²) in [5.74, 6) is -0.307. The van der Waals surface area contributed by atoms with Gasteiger partial charge in [0.1, 0.15) is 5.82 Å². The third-order valence-corrected chi connectivity index (χ3v) is 6.10. The number of aliphatic hydroxyl groups is 1. The first-order valence-electron chi connectivity index (χ1n) is 8.67. The highest BCUT2D eigenvalue weighted by atomic mass is 32.2. The highest BCUT2D eigenvalue weighted by molar-refractivity contribution is 7.98. The molecule has 1 aromatic carbocycles. The fraction of sp³-hybridized carbons (Fsp3) is 0.474. The molecule has 132 valence electrons. The van der Waals surface area contributed by atoms with E-state index in [2.05, 4.69) is 14.9 Å². The molecule has 3 heterocycles. The molecule has 25 heavy (non-hydrogen) atoms. The molecule has 0 saturated carbocycles. The Bertz CT molecular complexity index is 741. The van der Waals surface area contributed by atoms with Gasteiger partial charge in [0.25, 0.3) is 0 Å². The minimum Gasteiger partial charge on any atom is -0.385 e. The number of halogens is 1. The standard InChI is InChI=1S/C19H22FN3OS/c1-25-18-21-10-13(11-22-18)12-23-14-6-7-15(23)9-19(24,8-14)16-4-2-3-5-17(16)20/h2-5,10-11,14-15,24H,6-9,12H2,1H3/t14-,15+,19?. The smallest absolute Gasteiger partial charge is 0.187 e. The van der Waals surface area contributed by atoms with Crippen LogP contribution in [0.1, 0.15) is 36.8 Å². The minimum absolute atomic E-state index is 0.267. The molecule has 0 amide bonds. The Hall–Kier alpha value is -1.50. The zero-order chi connectivity index (χ0) is 17.4. The van der Waals surface area contributed by atoms with Gasteiger partial charge in [0.2, 0.25) is 0 Å². The average Bonchev–Trinajstić information content (AvgIpc) is 2.86. The number of rotatable bonds is 4. The lowest BCUT2D eigenvalue weighted by Crippen LogP contribution is -2.49. The summed E-state index contributed by atoms with van der Waals surface area (Å²) in [5, 5.41) is 11.9. The van der Waals surface area contributed by atoms with E-state index in [-0.39, 0.29) is 17.9 Å². The maximum atomic E-state index is 14.2. The molecule has 2 aliphatic rings. The quantitative estimate of drug-likeness (QED) is 0.670. The molecule has 2 fully saturated rings. The Labute approximate surface area is 151 Å². The first kappa shape index (κ1) is 16.9. The molecular formula is C19H22FN3OS. The van der Waals surface area contributed by atoms with E-state index in [1.165, 1.54) is 17.8 Å². The van der Waals surface area contributed by atoms with Crippen LogP contribution in [0.15, 0.2) is 41.8 Å². The summed E-state index contributed by atoms with van der Waals surface area (Å²) in [6.45, 7) is 0.789. The van der Waals surface area contributed by atoms with E-state index in [1.807, 2.05) is 18.6 Å². The van der Waals surface area contributed by atoms with E-state index >= 15 is 0 Å². The van der Waals surface area contributed by atoms with Gasteiger partial charge >= 0.3 is 0 Å². The topological polar surface area (TPSA) is 49.2 Å². The number of nitrogens with zero attached hydrogens (tertiary/aromatic N) is 3. The molecule has 0 spiro atoms. The average molecular weight is 359 g/mol. The summed E-state index contributed by atoms with van der Waals surface area (Å²) in [6.07, 6.45) is 8.98. The molecule has 2 saturated heterocycles. The van der Waals surface area contributed by atoms with Crippen molar-refractivity contribution < 1.29 is 9.50 Å². The summed E-state index contributed by atoms with van der Waals surface area (Å²) in [4.78, 5) is 11.1. The van der Waals surface area contributed by atoms with Crippen LogP contribution in [0.5, 0.6) is 0 Å². The predicted octanol–water partition coefficient (Wildman–Crippen LogP) is 3.35. The van der Waals surface area contributed by atoms with Gasteiger partial charge in [0.15, 0.2) is 5.16 Å². The van der Waals surface area contributed by atoms with Crippen molar-refractivity contribution in [2.24, 2.45) is 0 Å². The van der Waals surface area contributed by atoms with Gasteiger partial charge in [-0.15, -0.1) is 0 Å². The van der Waals surface area contributed by atoms with Crippen LogP contribution in [-0.4, -0.2) is 38.3 Å². The molecule has 2 aromatic rings. The molecule has 1 unspecified atom stereocenters. The lowest BCUT2D eigenvalue weighted by Gasteiger charge is -2.44. The number of hydrogen-bond acceptors (Lipinski definition) is 5. The Morgan fingerprint density at radius 1 is 1.20 bits per heavy atom. The van der Waals surface area contributed by atoms with Gasteiger partial charge in [0.05, 0.1) is 5.60 Å². The van der Waals surface area contributed by atoms with Gasteiger partial charge in [-0.1, -0.05) is 30.0 Å². The van der Waals surface area contributed by atoms with E-state index in [9.17, 15) is 9.50 Å². The second-order valence-electron chi connectivity index (χ2n) is 7.06. The zero-order valence-electron chi connectivity index (χ0n) is 14.2. The summed E-state index contributed by atoms with van der Waals surface area (Å²) in [5.41, 5.74) is 0.470. The van der Waals surface area contributed by atoms with Gasteiger partial charge in [0, 0.05) is 42.1 Å². The Balaban J connectivity index is 1.53. The van der Waals surface area contributed by atoms with Crippen LogP contribution in [0.4, 0.5) is 4.39 Å². The van der Waals surface area contributed by atoms with Crippen molar-refractivity contribution in [3.63, 3.8) is 0 Å². The van der Waals surface area contributed by atoms with Gasteiger partial charge in [-0.3, -0.25) is 4.90 Å². The third-order valence-electron chi connectivity index (χ3n) is 5.52. The maximum Gasteiger partial charge on any atom is 0.187 e. The number of piperidine rings is 1. The lowest BCUT2D eigenvalue weighted by molar-refractivity contribution is -0.0616. The molecule has 0 aliphatic carbocycles. The van der Waals surface area contributed by atoms with Crippen LogP contribution in [0.25, 0.3) is 0 Å². The van der Waals surface area contributed by atoms with E-state index in [0.717, 1.165) is 30.1 Å². The largest absolute Gasteiger partial charge is 0.385 e. The van der Waals surface area contributed by atoms with Crippen LogP contribution in [0.3, 0.4) is 0 Å². The monoisotopic (exact) mass is 359 g/mol. The second kappa shape index (κ2) is 6.67. The Kier molecular flexibility index (Phi) is 4.52. The van der Waals surface area contributed by atoms with Crippen molar-refractivity contribution in [3.05, 3.63) is 53.6 Å². The van der Waals surface area contributed by atoms with E-state index in [0.29, 0.717) is 18.4 Å². The number of thioether (sulfide) groups is 1. The minimum atomic E-state index is -1.06. The van der Waals surface area contributed by atoms with Crippen molar-refractivity contribution in [2.75, 3.05) is 6.26 Å². The van der Waals surface area contributed by atoms with Crippen molar-refractivity contribution in [1.29, 1.82) is 0 Å². The lowest BCUT2D eigenvalue weighted by atomic mass is 9.80. The van der Waals surface area contributed by atoms with E-state index in [1.54, 1.807) is 18.2 Å². The highest BCUT2D eigenvalue weighted by Gasteiger charge is 2.48. The molecule has 3 atom stereocenters. The Morgan fingerprint density at radius 2 is 1.84 bits per heavy atom. The van der Waals surface area contributed by atoms with Crippen molar-refractivity contribution in [1.82, 2.24) is 14.9 Å². The van der Waals surface area contributed by atoms with Crippen molar-refractivity contribution >= 4 is 11.8 Å². The molecule has 6 heteroatoms. The van der Waals surface area contributed by atoms with Crippen LogP contribution in [0.2, 0.25) is 0 Å². The molecule has 2 aliphatic heterocycles. The third kappa shape index (κ3) is 3.18. The summed E-state index contributed by atoms with van der Waals surface area (Å²) < 4.78 is 14.2. The molecule has 0 radical (unpaired) electrons. The number of aromatic nitrogens is 2. The van der Waals surface area contributed by atoms with Gasteiger partial charge < -0.3 is 5.11 Å². The number of hydrogen-bond donors (Lipinski definition) is 1. The maximum absolute atomic E-state index is 14.2.